The number of anilines is 1. The van der Waals surface area contributed by atoms with E-state index < -0.39 is 0 Å². The van der Waals surface area contributed by atoms with E-state index in [9.17, 15) is 0 Å². The SMILES string of the molecule is CCCCOc1nc(N)c2nc(OC)n(CC3C=CC(c4cccc(CN(C)CCCC)c4)=NC3)c2n1. The summed E-state index contributed by atoms with van der Waals surface area (Å²) in [5.74, 6) is 0.451. The fraction of sp³-hybridized carbons (Fsp3) is 0.500. The van der Waals surface area contributed by atoms with E-state index in [0.717, 1.165) is 37.2 Å². The van der Waals surface area contributed by atoms with Crippen molar-refractivity contribution in [2.45, 2.75) is 52.6 Å². The molecular formula is C28H39N7O2. The van der Waals surface area contributed by atoms with E-state index in [4.69, 9.17) is 20.2 Å². The molecule has 1 aliphatic heterocycles. The molecule has 0 aliphatic carbocycles. The van der Waals surface area contributed by atoms with E-state index in [1.807, 2.05) is 4.57 Å². The molecule has 9 heteroatoms. The zero-order valence-corrected chi connectivity index (χ0v) is 22.5. The molecule has 4 rings (SSSR count). The molecule has 2 aromatic heterocycles. The highest BCUT2D eigenvalue weighted by atomic mass is 16.5. The second-order valence-electron chi connectivity index (χ2n) is 9.61. The van der Waals surface area contributed by atoms with Crippen LogP contribution in [0, 0.1) is 5.92 Å². The van der Waals surface area contributed by atoms with Crippen LogP contribution in [0.1, 0.15) is 50.7 Å². The second-order valence-corrected chi connectivity index (χ2v) is 9.61. The zero-order valence-electron chi connectivity index (χ0n) is 22.5. The average molecular weight is 506 g/mol. The molecule has 0 spiro atoms. The number of allylic oxidation sites excluding steroid dienone is 1. The normalized spacial score (nSPS) is 15.4. The Bertz CT molecular complexity index is 1250. The number of nitrogen functional groups attached to an aromatic ring is 1. The number of benzene rings is 1. The van der Waals surface area contributed by atoms with E-state index in [-0.39, 0.29) is 17.7 Å². The maximum absolute atomic E-state index is 6.18. The molecule has 1 aromatic carbocycles. The van der Waals surface area contributed by atoms with Crippen molar-refractivity contribution in [1.29, 1.82) is 0 Å². The Kier molecular flexibility index (Phi) is 9.11. The van der Waals surface area contributed by atoms with Crippen molar-refractivity contribution >= 4 is 22.7 Å². The lowest BCUT2D eigenvalue weighted by Gasteiger charge is -2.19. The van der Waals surface area contributed by atoms with Crippen molar-refractivity contribution in [3.63, 3.8) is 0 Å². The van der Waals surface area contributed by atoms with Crippen molar-refractivity contribution in [2.24, 2.45) is 10.9 Å². The lowest BCUT2D eigenvalue weighted by Crippen LogP contribution is -2.19. The highest BCUT2D eigenvalue weighted by Gasteiger charge is 2.21. The molecule has 37 heavy (non-hydrogen) atoms. The van der Waals surface area contributed by atoms with Crippen LogP contribution in [-0.2, 0) is 13.1 Å². The van der Waals surface area contributed by atoms with Crippen LogP contribution in [0.15, 0.2) is 41.4 Å². The first-order valence-corrected chi connectivity index (χ1v) is 13.2. The van der Waals surface area contributed by atoms with Crippen molar-refractivity contribution in [3.05, 3.63) is 47.5 Å². The first-order valence-electron chi connectivity index (χ1n) is 13.2. The first kappa shape index (κ1) is 26.6. The van der Waals surface area contributed by atoms with E-state index in [2.05, 4.69) is 77.2 Å². The van der Waals surface area contributed by atoms with Crippen molar-refractivity contribution in [2.75, 3.05) is 39.6 Å². The summed E-state index contributed by atoms with van der Waals surface area (Å²) in [6.07, 6.45) is 8.70. The van der Waals surface area contributed by atoms with Gasteiger partial charge in [-0.25, -0.2) is 0 Å². The summed E-state index contributed by atoms with van der Waals surface area (Å²) in [6, 6.07) is 9.40. The Hall–Kier alpha value is -3.46. The Morgan fingerprint density at radius 2 is 1.97 bits per heavy atom. The smallest absolute Gasteiger partial charge is 0.320 e. The van der Waals surface area contributed by atoms with E-state index in [1.165, 1.54) is 18.4 Å². The summed E-state index contributed by atoms with van der Waals surface area (Å²) in [6.45, 7) is 8.21. The quantitative estimate of drug-likeness (QED) is 0.341. The van der Waals surface area contributed by atoms with Gasteiger partial charge in [0.2, 0.25) is 0 Å². The Morgan fingerprint density at radius 3 is 2.70 bits per heavy atom. The third kappa shape index (κ3) is 6.65. The number of unbranched alkanes of at least 4 members (excludes halogenated alkanes) is 2. The number of rotatable bonds is 13. The summed E-state index contributed by atoms with van der Waals surface area (Å²) in [7, 11) is 3.78. The van der Waals surface area contributed by atoms with Gasteiger partial charge in [-0.15, -0.1) is 0 Å². The van der Waals surface area contributed by atoms with E-state index in [1.54, 1.807) is 7.11 Å². The van der Waals surface area contributed by atoms with Crippen LogP contribution in [0.25, 0.3) is 11.2 Å². The number of aliphatic imine (C=N–C) groups is 1. The number of methoxy groups -OCH3 is 1. The number of hydrogen-bond donors (Lipinski definition) is 1. The van der Waals surface area contributed by atoms with Gasteiger partial charge >= 0.3 is 6.01 Å². The van der Waals surface area contributed by atoms with Crippen LogP contribution in [0.3, 0.4) is 0 Å². The minimum Gasteiger partial charge on any atom is -0.468 e. The molecule has 2 N–H and O–H groups in total. The largest absolute Gasteiger partial charge is 0.468 e. The van der Waals surface area contributed by atoms with Gasteiger partial charge in [-0.1, -0.05) is 51.0 Å². The summed E-state index contributed by atoms with van der Waals surface area (Å²) in [5.41, 5.74) is 10.8. The molecule has 3 heterocycles. The fourth-order valence-corrected chi connectivity index (χ4v) is 4.42. The van der Waals surface area contributed by atoms with Crippen molar-refractivity contribution in [1.82, 2.24) is 24.4 Å². The molecule has 1 unspecified atom stereocenters. The average Bonchev–Trinajstić information content (AvgIpc) is 3.26. The highest BCUT2D eigenvalue weighted by molar-refractivity contribution is 6.09. The number of imidazole rings is 1. The number of aromatic nitrogens is 4. The topological polar surface area (TPSA) is 104 Å². The molecule has 0 saturated heterocycles. The Labute approximate surface area is 219 Å². The van der Waals surface area contributed by atoms with Gasteiger partial charge in [0.05, 0.1) is 19.4 Å². The molecule has 1 atom stereocenters. The molecule has 9 nitrogen and oxygen atoms in total. The predicted octanol–water partition coefficient (Wildman–Crippen LogP) is 4.50. The second kappa shape index (κ2) is 12.7. The predicted molar refractivity (Wildman–Crippen MR) is 148 cm³/mol. The van der Waals surface area contributed by atoms with Gasteiger partial charge in [0.15, 0.2) is 17.0 Å². The van der Waals surface area contributed by atoms with Gasteiger partial charge in [0.25, 0.3) is 6.01 Å². The molecule has 3 aromatic rings. The van der Waals surface area contributed by atoms with Crippen molar-refractivity contribution in [3.8, 4) is 12.0 Å². The van der Waals surface area contributed by atoms with Gasteiger partial charge in [-0.05, 0) is 49.7 Å². The van der Waals surface area contributed by atoms with Gasteiger partial charge in [-0.2, -0.15) is 15.0 Å². The third-order valence-corrected chi connectivity index (χ3v) is 6.49. The summed E-state index contributed by atoms with van der Waals surface area (Å²) in [4.78, 5) is 20.7. The van der Waals surface area contributed by atoms with Crippen LogP contribution in [-0.4, -0.2) is 64.0 Å². The molecule has 0 bridgehead atoms. The van der Waals surface area contributed by atoms with Crippen LogP contribution >= 0.6 is 0 Å². The third-order valence-electron chi connectivity index (χ3n) is 6.49. The standard InChI is InChI=1S/C28H39N7O2/c1-5-7-14-34(3)18-20-10-9-11-22(16-20)23-13-12-21(17-30-23)19-35-26-24(31-28(35)36-4)25(29)32-27(33-26)37-15-8-6-2/h9-13,16,21H,5-8,14-15,17-19H2,1-4H3,(H2,29,32,33). The molecule has 0 fully saturated rings. The maximum atomic E-state index is 6.18. The molecule has 0 radical (unpaired) electrons. The molecule has 0 amide bonds. The Morgan fingerprint density at radius 1 is 1.14 bits per heavy atom. The number of nitrogens with two attached hydrogens (primary N) is 1. The van der Waals surface area contributed by atoms with Crippen molar-refractivity contribution < 1.29 is 9.47 Å². The zero-order chi connectivity index (χ0) is 26.2. The van der Waals surface area contributed by atoms with Crippen LogP contribution < -0.4 is 15.2 Å². The monoisotopic (exact) mass is 505 g/mol. The Balaban J connectivity index is 1.47. The van der Waals surface area contributed by atoms with E-state index in [0.29, 0.717) is 36.9 Å². The highest BCUT2D eigenvalue weighted by Crippen LogP contribution is 2.27. The number of ether oxygens (including phenoxy) is 2. The molecule has 0 saturated carbocycles. The van der Waals surface area contributed by atoms with E-state index >= 15 is 0 Å². The minimum absolute atomic E-state index is 0.166. The van der Waals surface area contributed by atoms with Gasteiger partial charge < -0.3 is 20.1 Å². The number of hydrogen-bond acceptors (Lipinski definition) is 8. The molecule has 1 aliphatic rings. The lowest BCUT2D eigenvalue weighted by atomic mass is 10.0. The summed E-state index contributed by atoms with van der Waals surface area (Å²) in [5, 5.41) is 0. The lowest BCUT2D eigenvalue weighted by molar-refractivity contribution is 0.286. The van der Waals surface area contributed by atoms with Gasteiger partial charge in [-0.3, -0.25) is 9.56 Å². The van der Waals surface area contributed by atoms with Crippen LogP contribution in [0.2, 0.25) is 0 Å². The molecular weight excluding hydrogens is 466 g/mol. The number of nitrogens with zero attached hydrogens (tertiary/aromatic N) is 6. The molecule has 198 valence electrons. The summed E-state index contributed by atoms with van der Waals surface area (Å²) >= 11 is 0. The first-order chi connectivity index (χ1) is 18.0. The van der Waals surface area contributed by atoms with Crippen LogP contribution in [0.4, 0.5) is 5.82 Å². The van der Waals surface area contributed by atoms with Gasteiger partial charge in [0.1, 0.15) is 0 Å². The number of fused-ring (bicyclic) bond motifs is 1. The fourth-order valence-electron chi connectivity index (χ4n) is 4.42. The van der Waals surface area contributed by atoms with Crippen LogP contribution in [0.5, 0.6) is 12.0 Å². The summed E-state index contributed by atoms with van der Waals surface area (Å²) < 4.78 is 13.2. The maximum Gasteiger partial charge on any atom is 0.320 e. The number of dihydropyridines is 1. The van der Waals surface area contributed by atoms with Gasteiger partial charge in [0, 0.05) is 25.6 Å². The minimum atomic E-state index is 0.166.